The summed E-state index contributed by atoms with van der Waals surface area (Å²) in [5.41, 5.74) is 2.08. The Balaban J connectivity index is 1.73. The number of halogens is 3. The second-order valence-corrected chi connectivity index (χ2v) is 6.59. The number of nitrogens with one attached hydrogen (secondary N) is 1. The summed E-state index contributed by atoms with van der Waals surface area (Å²) in [6.07, 6.45) is 0. The third kappa shape index (κ3) is 5.23. The molecular weight excluding hydrogens is 404 g/mol. The summed E-state index contributed by atoms with van der Waals surface area (Å²) in [6, 6.07) is 13.1. The van der Waals surface area contributed by atoms with Gasteiger partial charge in [0.2, 0.25) is 0 Å². The third-order valence-electron chi connectivity index (χ3n) is 4.11. The van der Waals surface area contributed by atoms with Crippen LogP contribution in [0, 0.1) is 6.92 Å². The third-order valence-corrected chi connectivity index (χ3v) is 4.36. The Hall–Kier alpha value is -3.13. The van der Waals surface area contributed by atoms with Gasteiger partial charge in [-0.15, -0.1) is 0 Å². The van der Waals surface area contributed by atoms with E-state index >= 15 is 0 Å². The molecule has 0 fully saturated rings. The molecule has 0 unspecified atom stereocenters. The predicted octanol–water partition coefficient (Wildman–Crippen LogP) is 4.76. The SMILES string of the molecule is COc1cc(C(=O)Nc2cc(C)n(Cc3ccc(Cl)cc3)n2)ccc1OC(F)F. The molecule has 0 saturated heterocycles. The Kier molecular flexibility index (Phi) is 6.33. The van der Waals surface area contributed by atoms with Crippen LogP contribution in [-0.4, -0.2) is 29.4 Å². The summed E-state index contributed by atoms with van der Waals surface area (Å²) < 4.78 is 36.0. The van der Waals surface area contributed by atoms with Gasteiger partial charge in [0.1, 0.15) is 0 Å². The molecule has 29 heavy (non-hydrogen) atoms. The van der Waals surface area contributed by atoms with Crippen molar-refractivity contribution in [3.05, 3.63) is 70.4 Å². The summed E-state index contributed by atoms with van der Waals surface area (Å²) in [5, 5.41) is 7.73. The molecule has 0 aliphatic heterocycles. The first-order chi connectivity index (χ1) is 13.9. The molecule has 152 valence electrons. The standard InChI is InChI=1S/C20H18ClF2N3O3/c1-12-9-18(25-26(12)11-13-3-6-15(21)7-4-13)24-19(27)14-5-8-16(29-20(22)23)17(10-14)28-2/h3-10,20H,11H2,1-2H3,(H,24,25,27). The first kappa shape index (κ1) is 20.6. The van der Waals surface area contributed by atoms with Crippen molar-refractivity contribution in [3.8, 4) is 11.5 Å². The number of alkyl halides is 2. The van der Waals surface area contributed by atoms with Gasteiger partial charge >= 0.3 is 6.61 Å². The van der Waals surface area contributed by atoms with Crippen LogP contribution < -0.4 is 14.8 Å². The lowest BCUT2D eigenvalue weighted by Crippen LogP contribution is -2.13. The normalized spacial score (nSPS) is 10.8. The first-order valence-corrected chi connectivity index (χ1v) is 8.96. The number of anilines is 1. The fourth-order valence-corrected chi connectivity index (χ4v) is 2.81. The zero-order valence-corrected chi connectivity index (χ0v) is 16.4. The van der Waals surface area contributed by atoms with Gasteiger partial charge in [0, 0.05) is 22.3 Å². The first-order valence-electron chi connectivity index (χ1n) is 8.59. The van der Waals surface area contributed by atoms with Gasteiger partial charge in [0.15, 0.2) is 17.3 Å². The van der Waals surface area contributed by atoms with Gasteiger partial charge in [-0.3, -0.25) is 9.48 Å². The monoisotopic (exact) mass is 421 g/mol. The van der Waals surface area contributed by atoms with E-state index < -0.39 is 12.5 Å². The molecule has 1 aromatic heterocycles. The molecule has 0 saturated carbocycles. The van der Waals surface area contributed by atoms with Crippen molar-refractivity contribution in [3.63, 3.8) is 0 Å². The fraction of sp³-hybridized carbons (Fsp3) is 0.200. The van der Waals surface area contributed by atoms with Crippen molar-refractivity contribution in [1.82, 2.24) is 9.78 Å². The average Bonchev–Trinajstić information content (AvgIpc) is 3.02. The molecule has 3 aromatic rings. The van der Waals surface area contributed by atoms with E-state index in [1.807, 2.05) is 19.1 Å². The van der Waals surface area contributed by atoms with Gasteiger partial charge in [-0.2, -0.15) is 13.9 Å². The minimum absolute atomic E-state index is 0.0300. The highest BCUT2D eigenvalue weighted by Gasteiger charge is 2.15. The van der Waals surface area contributed by atoms with Crippen molar-refractivity contribution in [1.29, 1.82) is 0 Å². The number of methoxy groups -OCH3 is 1. The quantitative estimate of drug-likeness (QED) is 0.597. The molecule has 0 atom stereocenters. The van der Waals surface area contributed by atoms with Crippen LogP contribution in [0.4, 0.5) is 14.6 Å². The Morgan fingerprint density at radius 3 is 2.55 bits per heavy atom. The number of ether oxygens (including phenoxy) is 2. The van der Waals surface area contributed by atoms with Crippen LogP contribution in [0.2, 0.25) is 5.02 Å². The van der Waals surface area contributed by atoms with Crippen LogP contribution in [0.15, 0.2) is 48.5 Å². The molecule has 0 bridgehead atoms. The fourth-order valence-electron chi connectivity index (χ4n) is 2.68. The number of aryl methyl sites for hydroxylation is 1. The number of hydrogen-bond acceptors (Lipinski definition) is 4. The Bertz CT molecular complexity index is 1010. The lowest BCUT2D eigenvalue weighted by molar-refractivity contribution is -0.0512. The van der Waals surface area contributed by atoms with Gasteiger partial charge in [0.05, 0.1) is 13.7 Å². The summed E-state index contributed by atoms with van der Waals surface area (Å²) in [5.74, 6) is -0.207. The Morgan fingerprint density at radius 1 is 1.17 bits per heavy atom. The maximum Gasteiger partial charge on any atom is 0.387 e. The average molecular weight is 422 g/mol. The van der Waals surface area contributed by atoms with E-state index in [2.05, 4.69) is 15.2 Å². The van der Waals surface area contributed by atoms with E-state index in [1.165, 1.54) is 25.3 Å². The maximum atomic E-state index is 12.5. The van der Waals surface area contributed by atoms with E-state index in [4.69, 9.17) is 16.3 Å². The van der Waals surface area contributed by atoms with E-state index in [1.54, 1.807) is 22.9 Å². The smallest absolute Gasteiger partial charge is 0.387 e. The highest BCUT2D eigenvalue weighted by Crippen LogP contribution is 2.29. The summed E-state index contributed by atoms with van der Waals surface area (Å²) in [4.78, 5) is 12.5. The number of amides is 1. The molecule has 0 aliphatic carbocycles. The molecule has 3 rings (SSSR count). The summed E-state index contributed by atoms with van der Waals surface area (Å²) in [7, 11) is 1.30. The summed E-state index contributed by atoms with van der Waals surface area (Å²) >= 11 is 5.90. The zero-order valence-electron chi connectivity index (χ0n) is 15.7. The molecule has 1 amide bonds. The molecule has 0 radical (unpaired) electrons. The topological polar surface area (TPSA) is 65.4 Å². The van der Waals surface area contributed by atoms with Crippen LogP contribution in [0.1, 0.15) is 21.6 Å². The van der Waals surface area contributed by atoms with Crippen molar-refractivity contribution < 1.29 is 23.0 Å². The minimum atomic E-state index is -2.99. The number of carbonyl (C=O) groups excluding carboxylic acids is 1. The number of aromatic nitrogens is 2. The van der Waals surface area contributed by atoms with Gasteiger partial charge in [-0.1, -0.05) is 23.7 Å². The van der Waals surface area contributed by atoms with Crippen molar-refractivity contribution in [2.45, 2.75) is 20.1 Å². The lowest BCUT2D eigenvalue weighted by Gasteiger charge is -2.11. The molecule has 1 heterocycles. The highest BCUT2D eigenvalue weighted by atomic mass is 35.5. The van der Waals surface area contributed by atoms with E-state index in [0.717, 1.165) is 11.3 Å². The largest absolute Gasteiger partial charge is 0.493 e. The van der Waals surface area contributed by atoms with Gasteiger partial charge < -0.3 is 14.8 Å². The van der Waals surface area contributed by atoms with Crippen LogP contribution in [0.3, 0.4) is 0 Å². The number of benzene rings is 2. The van der Waals surface area contributed by atoms with Crippen LogP contribution in [-0.2, 0) is 6.54 Å². The van der Waals surface area contributed by atoms with Crippen molar-refractivity contribution in [2.75, 3.05) is 12.4 Å². The Labute approximate surface area is 171 Å². The molecule has 0 spiro atoms. The van der Waals surface area contributed by atoms with Crippen molar-refractivity contribution in [2.24, 2.45) is 0 Å². The van der Waals surface area contributed by atoms with Crippen molar-refractivity contribution >= 4 is 23.3 Å². The molecule has 9 heteroatoms. The van der Waals surface area contributed by atoms with Crippen LogP contribution >= 0.6 is 11.6 Å². The molecular formula is C20H18ClF2N3O3. The van der Waals surface area contributed by atoms with Gasteiger partial charge in [-0.05, 0) is 42.8 Å². The lowest BCUT2D eigenvalue weighted by atomic mass is 10.2. The molecule has 6 nitrogen and oxygen atoms in total. The second kappa shape index (κ2) is 8.91. The minimum Gasteiger partial charge on any atom is -0.493 e. The number of rotatable bonds is 7. The number of nitrogens with zero attached hydrogens (tertiary/aromatic N) is 2. The van der Waals surface area contributed by atoms with Gasteiger partial charge in [-0.25, -0.2) is 0 Å². The predicted molar refractivity (Wildman–Crippen MR) is 105 cm³/mol. The number of hydrogen-bond donors (Lipinski definition) is 1. The van der Waals surface area contributed by atoms with Crippen LogP contribution in [0.5, 0.6) is 11.5 Å². The van der Waals surface area contributed by atoms with Crippen LogP contribution in [0.25, 0.3) is 0 Å². The van der Waals surface area contributed by atoms with E-state index in [9.17, 15) is 13.6 Å². The maximum absolute atomic E-state index is 12.5. The Morgan fingerprint density at radius 2 is 1.90 bits per heavy atom. The molecule has 2 aromatic carbocycles. The van der Waals surface area contributed by atoms with E-state index in [0.29, 0.717) is 17.4 Å². The zero-order chi connectivity index (χ0) is 21.0. The molecule has 0 aliphatic rings. The second-order valence-electron chi connectivity index (χ2n) is 6.15. The van der Waals surface area contributed by atoms with Gasteiger partial charge in [0.25, 0.3) is 5.91 Å². The summed E-state index contributed by atoms with van der Waals surface area (Å²) in [6.45, 7) is -0.596. The highest BCUT2D eigenvalue weighted by molar-refractivity contribution is 6.30. The molecule has 1 N–H and O–H groups in total. The van der Waals surface area contributed by atoms with E-state index in [-0.39, 0.29) is 17.1 Å². The number of carbonyl (C=O) groups is 1.